The maximum Gasteiger partial charge on any atom is 0.198 e. The van der Waals surface area contributed by atoms with E-state index in [0.717, 1.165) is 16.8 Å². The van der Waals surface area contributed by atoms with Crippen molar-refractivity contribution in [3.8, 4) is 11.3 Å². The highest BCUT2D eigenvalue weighted by atomic mass is 14.9. The molecule has 3 rings (SSSR count). The van der Waals surface area contributed by atoms with Gasteiger partial charge in [0.05, 0.1) is 11.2 Å². The van der Waals surface area contributed by atoms with Crippen LogP contribution in [0.25, 0.3) is 16.8 Å². The van der Waals surface area contributed by atoms with E-state index in [-0.39, 0.29) is 0 Å². The van der Waals surface area contributed by atoms with Gasteiger partial charge in [-0.05, 0) is 24.3 Å². The second-order valence-electron chi connectivity index (χ2n) is 3.26. The summed E-state index contributed by atoms with van der Waals surface area (Å²) in [5.74, 6) is 0. The Hall–Kier alpha value is -2.16. The number of rotatable bonds is 1. The monoisotopic (exact) mass is 194 g/mol. The van der Waals surface area contributed by atoms with Crippen molar-refractivity contribution in [2.45, 2.75) is 0 Å². The lowest BCUT2D eigenvalue weighted by molar-refractivity contribution is 1.15. The lowest BCUT2D eigenvalue weighted by Gasteiger charge is -1.97. The Morgan fingerprint density at radius 1 is 1.07 bits per heavy atom. The molecule has 3 heteroatoms. The van der Waals surface area contributed by atoms with Crippen LogP contribution in [0.5, 0.6) is 0 Å². The van der Waals surface area contributed by atoms with E-state index in [2.05, 4.69) is 26.8 Å². The Morgan fingerprint density at radius 3 is 2.93 bits per heavy atom. The van der Waals surface area contributed by atoms with Crippen LogP contribution >= 0.6 is 0 Å². The van der Waals surface area contributed by atoms with Crippen molar-refractivity contribution < 1.29 is 0 Å². The third kappa shape index (κ3) is 1.29. The second-order valence-corrected chi connectivity index (χ2v) is 3.26. The summed E-state index contributed by atoms with van der Waals surface area (Å²) in [5.41, 5.74) is 3.15. The minimum atomic E-state index is 0.902. The fraction of sp³-hybridized carbons (Fsp3) is 0. The van der Waals surface area contributed by atoms with E-state index in [4.69, 9.17) is 0 Å². The first-order valence-corrected chi connectivity index (χ1v) is 4.70. The third-order valence-electron chi connectivity index (χ3n) is 2.38. The van der Waals surface area contributed by atoms with Gasteiger partial charge in [-0.15, -0.1) is 0 Å². The molecule has 1 radical (unpaired) electrons. The van der Waals surface area contributed by atoms with Crippen LogP contribution < -0.4 is 0 Å². The number of pyridine rings is 1. The fourth-order valence-corrected chi connectivity index (χ4v) is 1.68. The van der Waals surface area contributed by atoms with Crippen molar-refractivity contribution in [1.82, 2.24) is 14.4 Å². The molecule has 0 bridgehead atoms. The number of hydrogen-bond donors (Lipinski definition) is 0. The van der Waals surface area contributed by atoms with Crippen LogP contribution in [0, 0.1) is 6.33 Å². The predicted molar refractivity (Wildman–Crippen MR) is 57.3 cm³/mol. The maximum absolute atomic E-state index is 4.12. The van der Waals surface area contributed by atoms with Gasteiger partial charge in [0, 0.05) is 24.2 Å². The molecule has 0 spiro atoms. The van der Waals surface area contributed by atoms with Gasteiger partial charge in [-0.1, -0.05) is 6.07 Å². The van der Waals surface area contributed by atoms with Crippen molar-refractivity contribution >= 4 is 5.52 Å². The van der Waals surface area contributed by atoms with E-state index >= 15 is 0 Å². The molecular formula is C12H8N3. The summed E-state index contributed by atoms with van der Waals surface area (Å²) >= 11 is 0. The molecule has 0 N–H and O–H groups in total. The Balaban J connectivity index is 2.28. The van der Waals surface area contributed by atoms with Crippen LogP contribution in [-0.4, -0.2) is 14.4 Å². The van der Waals surface area contributed by atoms with Crippen LogP contribution in [0.3, 0.4) is 0 Å². The van der Waals surface area contributed by atoms with Crippen molar-refractivity contribution in [1.29, 1.82) is 0 Å². The highest BCUT2D eigenvalue weighted by Crippen LogP contribution is 2.22. The smallest absolute Gasteiger partial charge is 0.198 e. The van der Waals surface area contributed by atoms with E-state index in [0.29, 0.717) is 0 Å². The summed E-state index contributed by atoms with van der Waals surface area (Å²) in [6, 6.07) is 10.0. The van der Waals surface area contributed by atoms with Gasteiger partial charge in [0.1, 0.15) is 0 Å². The van der Waals surface area contributed by atoms with E-state index in [9.17, 15) is 0 Å². The maximum atomic E-state index is 4.12. The van der Waals surface area contributed by atoms with Gasteiger partial charge in [-0.3, -0.25) is 0 Å². The third-order valence-corrected chi connectivity index (χ3v) is 2.38. The molecular weight excluding hydrogens is 186 g/mol. The van der Waals surface area contributed by atoms with Crippen LogP contribution in [0.15, 0.2) is 48.9 Å². The van der Waals surface area contributed by atoms with Crippen molar-refractivity contribution in [2.75, 3.05) is 0 Å². The average molecular weight is 194 g/mol. The van der Waals surface area contributed by atoms with Gasteiger partial charge in [0.15, 0.2) is 6.33 Å². The topological polar surface area (TPSA) is 30.2 Å². The van der Waals surface area contributed by atoms with Crippen LogP contribution in [0.2, 0.25) is 0 Å². The molecule has 3 heterocycles. The van der Waals surface area contributed by atoms with E-state index in [1.54, 1.807) is 6.20 Å². The molecule has 3 aromatic heterocycles. The number of aromatic nitrogens is 3. The summed E-state index contributed by atoms with van der Waals surface area (Å²) in [5, 5.41) is 0. The lowest BCUT2D eigenvalue weighted by Crippen LogP contribution is -1.84. The minimum Gasteiger partial charge on any atom is -0.323 e. The summed E-state index contributed by atoms with van der Waals surface area (Å²) in [6.07, 6.45) is 8.35. The highest BCUT2D eigenvalue weighted by molar-refractivity contribution is 5.78. The van der Waals surface area contributed by atoms with E-state index < -0.39 is 0 Å². The Bertz CT molecular complexity index is 584. The molecule has 0 aliphatic carbocycles. The molecule has 0 saturated carbocycles. The van der Waals surface area contributed by atoms with Gasteiger partial charge in [0.25, 0.3) is 0 Å². The summed E-state index contributed by atoms with van der Waals surface area (Å²) in [7, 11) is 0. The molecule has 3 nitrogen and oxygen atoms in total. The first kappa shape index (κ1) is 8.17. The number of fused-ring (bicyclic) bond motifs is 1. The molecule has 0 unspecified atom stereocenters. The molecule has 15 heavy (non-hydrogen) atoms. The highest BCUT2D eigenvalue weighted by Gasteiger charge is 2.04. The molecule has 71 valence electrons. The Morgan fingerprint density at radius 2 is 2.07 bits per heavy atom. The molecule has 0 aliphatic heterocycles. The van der Waals surface area contributed by atoms with Gasteiger partial charge in [-0.25, -0.2) is 9.97 Å². The number of hydrogen-bond acceptors (Lipinski definition) is 2. The molecule has 0 saturated heterocycles. The minimum absolute atomic E-state index is 0.902. The van der Waals surface area contributed by atoms with Gasteiger partial charge < -0.3 is 4.40 Å². The molecule has 0 amide bonds. The Labute approximate surface area is 87.0 Å². The van der Waals surface area contributed by atoms with Crippen molar-refractivity contribution in [2.24, 2.45) is 0 Å². The quantitative estimate of drug-likeness (QED) is 0.594. The average Bonchev–Trinajstić information content (AvgIpc) is 2.74. The van der Waals surface area contributed by atoms with E-state index in [1.807, 2.05) is 36.7 Å². The van der Waals surface area contributed by atoms with Crippen molar-refractivity contribution in [3.63, 3.8) is 0 Å². The molecule has 0 aliphatic rings. The zero-order valence-corrected chi connectivity index (χ0v) is 7.96. The predicted octanol–water partition coefficient (Wildman–Crippen LogP) is 2.20. The van der Waals surface area contributed by atoms with Crippen LogP contribution in [-0.2, 0) is 0 Å². The lowest BCUT2D eigenvalue weighted by atomic mass is 10.2. The fourth-order valence-electron chi connectivity index (χ4n) is 1.68. The second kappa shape index (κ2) is 3.20. The van der Waals surface area contributed by atoms with Crippen LogP contribution in [0.4, 0.5) is 0 Å². The first-order chi connectivity index (χ1) is 7.45. The SMILES string of the molecule is [c]1nccc(-c2ccn3ccccc23)n1. The van der Waals surface area contributed by atoms with E-state index in [1.165, 1.54) is 0 Å². The molecule has 0 aromatic carbocycles. The Kier molecular flexibility index (Phi) is 1.75. The normalized spacial score (nSPS) is 10.7. The molecule has 0 atom stereocenters. The largest absolute Gasteiger partial charge is 0.323 e. The summed E-state index contributed by atoms with van der Waals surface area (Å²) in [6.45, 7) is 0. The zero-order valence-electron chi connectivity index (χ0n) is 7.96. The zero-order chi connectivity index (χ0) is 10.1. The van der Waals surface area contributed by atoms with Crippen molar-refractivity contribution in [3.05, 3.63) is 55.2 Å². The van der Waals surface area contributed by atoms with Crippen LogP contribution in [0.1, 0.15) is 0 Å². The molecule has 3 aromatic rings. The molecule has 0 fully saturated rings. The standard InChI is InChI=1S/C12H8N3/c1-2-7-15-8-5-10(12(15)3-1)11-4-6-13-9-14-11/h1-8H. The van der Waals surface area contributed by atoms with Gasteiger partial charge in [0.2, 0.25) is 0 Å². The van der Waals surface area contributed by atoms with Gasteiger partial charge in [-0.2, -0.15) is 0 Å². The first-order valence-electron chi connectivity index (χ1n) is 4.70. The number of nitrogens with zero attached hydrogens (tertiary/aromatic N) is 3. The summed E-state index contributed by atoms with van der Waals surface area (Å²) in [4.78, 5) is 7.91. The van der Waals surface area contributed by atoms with Gasteiger partial charge >= 0.3 is 0 Å². The summed E-state index contributed by atoms with van der Waals surface area (Å²) < 4.78 is 2.07.